The topological polar surface area (TPSA) is 140 Å². The number of halogens is 75. The second kappa shape index (κ2) is 34.8. The molecule has 1 aromatic rings. The molecule has 816 valence electrons. The van der Waals surface area contributed by atoms with E-state index >= 15 is 0 Å². The highest BCUT2D eigenvalue weighted by Gasteiger charge is 3.05. The van der Waals surface area contributed by atoms with Crippen LogP contribution in [0, 0.1) is 0 Å². The molecule has 0 saturated carbocycles. The maximum Gasteiger partial charge on any atom is 0.460 e. The molecular formula is C54H21F75O9. The standard InChI is InChI=1S/C54H21F75O9/c55-19(56,22(61,62)25(67,68)28(73,74)31(79,80)34(85,86)37(91,92)40(97,98)43(103,104)46(109,110)49(115,116)52(121,122)123)4-11(130)7-136-16(133)10-1-2-14(17(134)137-8-12(131)5-20(57,58)23(63,64)26(69,70)29(75,76)32(81,82)35(87,88)38(93,94)41(99,100)44(105,106)47(111,112)50(117,118)53(124,125)126)15(3-10)18(135)138-9-13(132)6-21(59,60)24(65,66)27(71,72)30(77,78)33(83,84)36(89,90)39(95,96)42(101,102)45(107,108)48(113,114)51(119,120)54(127,128)129/h1-3,11-13,130-132H,4-9H2. The summed E-state index contributed by atoms with van der Waals surface area (Å²) in [7, 11) is 0. The maximum atomic E-state index is 14.9. The Kier molecular flexibility index (Phi) is 32.3. The number of aliphatic hydroxyl groups excluding tert-OH is 3. The molecule has 0 heterocycles. The highest BCUT2D eigenvalue weighted by atomic mass is 19.5. The van der Waals surface area contributed by atoms with Crippen LogP contribution in [0.25, 0.3) is 0 Å². The minimum atomic E-state index is -10.3. The van der Waals surface area contributed by atoms with Crippen LogP contribution in [0.2, 0.25) is 0 Å². The molecule has 0 fully saturated rings. The first-order valence-corrected chi connectivity index (χ1v) is 31.3. The Balaban J connectivity index is 4.32. The van der Waals surface area contributed by atoms with Crippen molar-refractivity contribution in [1.29, 1.82) is 0 Å². The van der Waals surface area contributed by atoms with Gasteiger partial charge in [0.05, 0.1) is 35.0 Å². The third-order valence-electron chi connectivity index (χ3n) is 17.5. The molecule has 0 aliphatic heterocycles. The van der Waals surface area contributed by atoms with Gasteiger partial charge >= 0.3 is 232 Å². The molecule has 0 aliphatic carbocycles. The molecule has 0 radical (unpaired) electrons. The van der Waals surface area contributed by atoms with E-state index in [-0.39, 0.29) is 0 Å². The number of rotatable bonds is 45. The first kappa shape index (κ1) is 128. The second-order valence-corrected chi connectivity index (χ2v) is 27.0. The summed E-state index contributed by atoms with van der Waals surface area (Å²) < 4.78 is 1060. The first-order chi connectivity index (χ1) is 58.9. The molecule has 0 amide bonds. The summed E-state index contributed by atoms with van der Waals surface area (Å²) in [6.07, 6.45) is -53.0. The van der Waals surface area contributed by atoms with Crippen molar-refractivity contribution in [3.63, 3.8) is 0 Å². The van der Waals surface area contributed by atoms with Crippen molar-refractivity contribution in [3.05, 3.63) is 34.9 Å². The lowest BCUT2D eigenvalue weighted by Gasteiger charge is -2.45. The molecule has 0 saturated heterocycles. The Morgan fingerprint density at radius 3 is 0.449 bits per heavy atom. The lowest BCUT2D eigenvalue weighted by molar-refractivity contribution is -0.482. The van der Waals surface area contributed by atoms with Crippen LogP contribution in [-0.4, -0.2) is 285 Å². The zero-order valence-corrected chi connectivity index (χ0v) is 60.8. The number of ether oxygens (including phenoxy) is 3. The van der Waals surface area contributed by atoms with Gasteiger partial charge in [-0.05, 0) is 18.2 Å². The van der Waals surface area contributed by atoms with Crippen molar-refractivity contribution in [3.8, 4) is 0 Å². The van der Waals surface area contributed by atoms with E-state index in [0.717, 1.165) is 0 Å². The van der Waals surface area contributed by atoms with Gasteiger partial charge in [-0.2, -0.15) is 329 Å². The van der Waals surface area contributed by atoms with Gasteiger partial charge in [0, 0.05) is 19.3 Å². The highest BCUT2D eigenvalue weighted by Crippen LogP contribution is 2.74. The van der Waals surface area contributed by atoms with E-state index < -0.39 is 324 Å². The van der Waals surface area contributed by atoms with E-state index in [1.807, 2.05) is 0 Å². The van der Waals surface area contributed by atoms with Crippen LogP contribution in [0.4, 0.5) is 329 Å². The lowest BCUT2D eigenvalue weighted by atomic mass is 9.84. The summed E-state index contributed by atoms with van der Waals surface area (Å²) >= 11 is 0. The third-order valence-corrected chi connectivity index (χ3v) is 17.5. The summed E-state index contributed by atoms with van der Waals surface area (Å²) in [5, 5.41) is 29.2. The maximum absolute atomic E-state index is 14.9. The smallest absolute Gasteiger partial charge is 0.459 e. The summed E-state index contributed by atoms with van der Waals surface area (Å²) in [4.78, 5) is 39.0. The molecule has 1 rings (SSSR count). The molecular weight excluding hydrogens is 2220 g/mol. The molecule has 0 bridgehead atoms. The number of carbonyl (C=O) groups excluding carboxylic acids is 3. The van der Waals surface area contributed by atoms with Crippen LogP contribution < -0.4 is 0 Å². The lowest BCUT2D eigenvalue weighted by Crippen LogP contribution is -2.78. The van der Waals surface area contributed by atoms with Crippen LogP contribution >= 0.6 is 0 Å². The SMILES string of the molecule is O=C(OCC(O)CC(F)(F)C(F)(F)C(F)(F)C(F)(F)C(F)(F)C(F)(F)C(F)(F)C(F)(F)C(F)(F)C(F)(F)C(F)(F)C(F)(F)F)c1ccc(C(=O)OCC(O)CC(F)(F)C(F)(F)C(F)(F)C(F)(F)C(F)(F)C(F)(F)C(F)(F)C(F)(F)C(F)(F)C(F)(F)C(F)(F)C(F)(F)F)c(C(=O)OCC(O)CC(F)(F)C(F)(F)C(F)(F)C(F)(F)C(F)(F)C(F)(F)C(F)(F)C(F)(F)C(F)(F)C(F)(F)C(F)(F)C(F)(F)F)c1. The van der Waals surface area contributed by atoms with Crippen LogP contribution in [0.3, 0.4) is 0 Å². The number of alkyl halides is 75. The van der Waals surface area contributed by atoms with E-state index in [2.05, 4.69) is 14.2 Å². The van der Waals surface area contributed by atoms with Gasteiger partial charge in [0.1, 0.15) is 19.8 Å². The average Bonchev–Trinajstić information content (AvgIpc) is 0.684. The molecule has 3 N–H and O–H groups in total. The summed E-state index contributed by atoms with van der Waals surface area (Å²) in [6, 6.07) is -2.72. The highest BCUT2D eigenvalue weighted by molar-refractivity contribution is 6.05. The van der Waals surface area contributed by atoms with E-state index in [0.29, 0.717) is 0 Å². The van der Waals surface area contributed by atoms with Crippen LogP contribution in [0.5, 0.6) is 0 Å². The number of aliphatic hydroxyl groups is 3. The van der Waals surface area contributed by atoms with Crippen molar-refractivity contribution in [2.24, 2.45) is 0 Å². The van der Waals surface area contributed by atoms with Gasteiger partial charge < -0.3 is 29.5 Å². The number of carbonyl (C=O) groups is 3. The van der Waals surface area contributed by atoms with Crippen LogP contribution in [0.15, 0.2) is 18.2 Å². The zero-order chi connectivity index (χ0) is 113. The molecule has 0 aromatic heterocycles. The Hall–Kier alpha value is -7.74. The fourth-order valence-corrected chi connectivity index (χ4v) is 9.18. The van der Waals surface area contributed by atoms with E-state index in [4.69, 9.17) is 0 Å². The normalized spacial score (nSPS) is 17.1. The van der Waals surface area contributed by atoms with E-state index in [9.17, 15) is 359 Å². The van der Waals surface area contributed by atoms with Gasteiger partial charge in [-0.3, -0.25) is 0 Å². The van der Waals surface area contributed by atoms with Crippen molar-refractivity contribution in [2.75, 3.05) is 19.8 Å². The molecule has 9 nitrogen and oxygen atoms in total. The summed E-state index contributed by atoms with van der Waals surface area (Å²) in [5.74, 6) is -330. The quantitative estimate of drug-likeness (QED) is 0.0331. The van der Waals surface area contributed by atoms with E-state index in [1.165, 1.54) is 0 Å². The Morgan fingerprint density at radius 2 is 0.304 bits per heavy atom. The van der Waals surface area contributed by atoms with Gasteiger partial charge in [-0.25, -0.2) is 14.4 Å². The van der Waals surface area contributed by atoms with Gasteiger partial charge in [0.15, 0.2) is 0 Å². The monoisotopic (exact) mass is 2240 g/mol. The predicted octanol–water partition coefficient (Wildman–Crippen LogP) is 24.1. The van der Waals surface area contributed by atoms with Gasteiger partial charge in [-0.15, -0.1) is 0 Å². The third kappa shape index (κ3) is 17.5. The number of hydrogen-bond donors (Lipinski definition) is 3. The van der Waals surface area contributed by atoms with Crippen molar-refractivity contribution >= 4 is 17.9 Å². The molecule has 138 heavy (non-hydrogen) atoms. The van der Waals surface area contributed by atoms with Crippen LogP contribution in [-0.2, 0) is 14.2 Å². The van der Waals surface area contributed by atoms with Crippen molar-refractivity contribution in [2.45, 2.75) is 252 Å². The fraction of sp³-hybridized carbons (Fsp3) is 0.833. The molecule has 3 atom stereocenters. The average molecular weight is 2240 g/mol. The Morgan fingerprint density at radius 1 is 0.181 bits per heavy atom. The predicted molar refractivity (Wildman–Crippen MR) is 271 cm³/mol. The molecule has 84 heteroatoms. The molecule has 3 unspecified atom stereocenters. The van der Waals surface area contributed by atoms with Gasteiger partial charge in [-0.1, -0.05) is 0 Å². The molecule has 0 aliphatic rings. The minimum Gasteiger partial charge on any atom is -0.459 e. The zero-order valence-electron chi connectivity index (χ0n) is 60.8. The van der Waals surface area contributed by atoms with Crippen molar-refractivity contribution < 1.29 is 373 Å². The molecule has 1 aromatic carbocycles. The van der Waals surface area contributed by atoms with E-state index in [1.54, 1.807) is 0 Å². The number of esters is 3. The number of benzene rings is 1. The Labute approximate surface area is 698 Å². The minimum absolute atomic E-state index is 0.739. The van der Waals surface area contributed by atoms with Gasteiger partial charge in [0.25, 0.3) is 0 Å². The Bertz CT molecular complexity index is 4470. The fourth-order valence-electron chi connectivity index (χ4n) is 9.18. The summed E-state index contributed by atoms with van der Waals surface area (Å²) in [5.41, 5.74) is -7.83. The largest absolute Gasteiger partial charge is 0.460 e. The second-order valence-electron chi connectivity index (χ2n) is 27.0. The number of hydrogen-bond acceptors (Lipinski definition) is 9. The molecule has 0 spiro atoms. The first-order valence-electron chi connectivity index (χ1n) is 31.3. The summed E-state index contributed by atoms with van der Waals surface area (Å²) in [6.45, 7) is -9.89. The van der Waals surface area contributed by atoms with Gasteiger partial charge in [0.2, 0.25) is 0 Å². The van der Waals surface area contributed by atoms with Crippen LogP contribution in [0.1, 0.15) is 50.3 Å². The van der Waals surface area contributed by atoms with Crippen molar-refractivity contribution in [1.82, 2.24) is 0 Å².